The maximum absolute atomic E-state index is 13.1. The van der Waals surface area contributed by atoms with Crippen LogP contribution in [0.15, 0.2) is 77.7 Å². The molecule has 1 amide bonds. The number of thioether (sulfide) groups is 1. The van der Waals surface area contributed by atoms with Crippen molar-refractivity contribution in [2.45, 2.75) is 30.0 Å². The number of rotatable bonds is 9. The lowest BCUT2D eigenvalue weighted by atomic mass is 10.0. The molecule has 0 aromatic heterocycles. The van der Waals surface area contributed by atoms with E-state index in [4.69, 9.17) is 9.47 Å². The predicted molar refractivity (Wildman–Crippen MR) is 122 cm³/mol. The van der Waals surface area contributed by atoms with Crippen molar-refractivity contribution < 1.29 is 14.3 Å². The van der Waals surface area contributed by atoms with Crippen LogP contribution in [0.2, 0.25) is 0 Å². The van der Waals surface area contributed by atoms with Crippen molar-refractivity contribution in [3.63, 3.8) is 0 Å². The Morgan fingerprint density at radius 2 is 1.63 bits per heavy atom. The molecular weight excluding hydrogens is 394 g/mol. The third kappa shape index (κ3) is 5.36. The Balaban J connectivity index is 1.76. The highest BCUT2D eigenvalue weighted by Gasteiger charge is 2.18. The number of amides is 1. The van der Waals surface area contributed by atoms with Crippen LogP contribution in [0.25, 0.3) is 0 Å². The number of hydrogen-bond donors (Lipinski definition) is 1. The van der Waals surface area contributed by atoms with E-state index in [-0.39, 0.29) is 11.9 Å². The third-order valence-corrected chi connectivity index (χ3v) is 6.04. The average molecular weight is 422 g/mol. The van der Waals surface area contributed by atoms with Crippen molar-refractivity contribution in [2.24, 2.45) is 0 Å². The van der Waals surface area contributed by atoms with Gasteiger partial charge in [-0.25, -0.2) is 0 Å². The first kappa shape index (κ1) is 21.8. The summed E-state index contributed by atoms with van der Waals surface area (Å²) in [6.07, 6.45) is 0.764. The Morgan fingerprint density at radius 1 is 0.933 bits per heavy atom. The number of benzene rings is 3. The Morgan fingerprint density at radius 3 is 2.33 bits per heavy atom. The van der Waals surface area contributed by atoms with Crippen molar-refractivity contribution in [3.05, 3.63) is 89.5 Å². The highest BCUT2D eigenvalue weighted by molar-refractivity contribution is 7.98. The predicted octanol–water partition coefficient (Wildman–Crippen LogP) is 5.88. The van der Waals surface area contributed by atoms with Crippen LogP contribution in [0.5, 0.6) is 11.5 Å². The van der Waals surface area contributed by atoms with Crippen LogP contribution < -0.4 is 14.8 Å². The molecule has 0 radical (unpaired) electrons. The van der Waals surface area contributed by atoms with Gasteiger partial charge in [-0.3, -0.25) is 4.79 Å². The van der Waals surface area contributed by atoms with E-state index in [0.717, 1.165) is 22.6 Å². The molecule has 0 heterocycles. The molecule has 3 rings (SSSR count). The van der Waals surface area contributed by atoms with Crippen LogP contribution in [0.4, 0.5) is 0 Å². The number of nitrogens with one attached hydrogen (secondary N) is 1. The second-order valence-corrected chi connectivity index (χ2v) is 7.84. The zero-order valence-corrected chi connectivity index (χ0v) is 18.4. The molecule has 0 spiro atoms. The molecule has 1 atom stereocenters. The zero-order chi connectivity index (χ0) is 21.3. The van der Waals surface area contributed by atoms with Crippen molar-refractivity contribution in [1.82, 2.24) is 5.32 Å². The minimum atomic E-state index is -0.121. The van der Waals surface area contributed by atoms with Crippen molar-refractivity contribution >= 4 is 17.7 Å². The lowest BCUT2D eigenvalue weighted by molar-refractivity contribution is 0.0932. The van der Waals surface area contributed by atoms with E-state index >= 15 is 0 Å². The van der Waals surface area contributed by atoms with E-state index in [1.54, 1.807) is 26.0 Å². The van der Waals surface area contributed by atoms with Crippen LogP contribution in [-0.2, 0) is 5.75 Å². The number of methoxy groups -OCH3 is 2. The summed E-state index contributed by atoms with van der Waals surface area (Å²) in [5.74, 6) is 2.07. The van der Waals surface area contributed by atoms with Crippen LogP contribution in [-0.4, -0.2) is 20.1 Å². The monoisotopic (exact) mass is 421 g/mol. The molecule has 3 aromatic carbocycles. The molecule has 4 nitrogen and oxygen atoms in total. The normalized spacial score (nSPS) is 11.6. The quantitative estimate of drug-likeness (QED) is 0.439. The molecular formula is C25H27NO3S. The molecule has 0 saturated heterocycles. The Bertz CT molecular complexity index is 975. The van der Waals surface area contributed by atoms with Crippen LogP contribution >= 0.6 is 11.8 Å². The van der Waals surface area contributed by atoms with Crippen LogP contribution in [0.1, 0.15) is 40.9 Å². The zero-order valence-electron chi connectivity index (χ0n) is 17.6. The van der Waals surface area contributed by atoms with Gasteiger partial charge in [0, 0.05) is 10.6 Å². The molecule has 156 valence electrons. The molecule has 0 bridgehead atoms. The van der Waals surface area contributed by atoms with Crippen LogP contribution in [0, 0.1) is 0 Å². The third-order valence-electron chi connectivity index (χ3n) is 4.89. The van der Waals surface area contributed by atoms with Gasteiger partial charge in [-0.2, -0.15) is 0 Å². The SMILES string of the molecule is CC[C@H](NC(=O)c1ccccc1SCc1ccccc1)c1ccc(OC)c(OC)c1. The minimum Gasteiger partial charge on any atom is -0.493 e. The van der Waals surface area contributed by atoms with E-state index in [1.807, 2.05) is 60.7 Å². The van der Waals surface area contributed by atoms with Crippen LogP contribution in [0.3, 0.4) is 0 Å². The first-order valence-electron chi connectivity index (χ1n) is 9.94. The fourth-order valence-electron chi connectivity index (χ4n) is 3.24. The first-order valence-corrected chi connectivity index (χ1v) is 10.9. The number of carbonyl (C=O) groups is 1. The molecule has 0 saturated carbocycles. The molecule has 5 heteroatoms. The van der Waals surface area contributed by atoms with Gasteiger partial charge in [0.05, 0.1) is 25.8 Å². The van der Waals surface area contributed by atoms with E-state index in [0.29, 0.717) is 17.1 Å². The number of carbonyl (C=O) groups excluding carboxylic acids is 1. The summed E-state index contributed by atoms with van der Waals surface area (Å²) in [6, 6.07) is 23.6. The Labute approximate surface area is 182 Å². The van der Waals surface area contributed by atoms with Gasteiger partial charge in [0.1, 0.15) is 0 Å². The molecule has 0 fully saturated rings. The second-order valence-electron chi connectivity index (χ2n) is 6.82. The maximum Gasteiger partial charge on any atom is 0.252 e. The summed E-state index contributed by atoms with van der Waals surface area (Å²) in [7, 11) is 3.22. The standard InChI is InChI=1S/C25H27NO3S/c1-4-21(19-14-15-22(28-2)23(16-19)29-3)26-25(27)20-12-8-9-13-24(20)30-17-18-10-6-5-7-11-18/h5-16,21H,4,17H2,1-3H3,(H,26,27)/t21-/m0/s1. The smallest absolute Gasteiger partial charge is 0.252 e. The molecule has 0 aliphatic rings. The largest absolute Gasteiger partial charge is 0.493 e. The fraction of sp³-hybridized carbons (Fsp3) is 0.240. The fourth-order valence-corrected chi connectivity index (χ4v) is 4.25. The van der Waals surface area contributed by atoms with E-state index < -0.39 is 0 Å². The van der Waals surface area contributed by atoms with Gasteiger partial charge in [0.15, 0.2) is 11.5 Å². The van der Waals surface area contributed by atoms with Crippen molar-refractivity contribution in [2.75, 3.05) is 14.2 Å². The van der Waals surface area contributed by atoms with Crippen molar-refractivity contribution in [1.29, 1.82) is 0 Å². The van der Waals surface area contributed by atoms with Gasteiger partial charge in [-0.1, -0.05) is 55.5 Å². The summed E-state index contributed by atoms with van der Waals surface area (Å²) in [5.41, 5.74) is 2.91. The summed E-state index contributed by atoms with van der Waals surface area (Å²) in [6.45, 7) is 2.05. The first-order chi connectivity index (χ1) is 14.7. The minimum absolute atomic E-state index is 0.0761. The molecule has 1 N–H and O–H groups in total. The van der Waals surface area contributed by atoms with Crippen molar-refractivity contribution in [3.8, 4) is 11.5 Å². The Hall–Kier alpha value is -2.92. The molecule has 0 aliphatic heterocycles. The topological polar surface area (TPSA) is 47.6 Å². The summed E-state index contributed by atoms with van der Waals surface area (Å²) >= 11 is 1.67. The van der Waals surface area contributed by atoms with Gasteiger partial charge in [-0.15, -0.1) is 11.8 Å². The molecule has 0 unspecified atom stereocenters. The van der Waals surface area contributed by atoms with Gasteiger partial charge < -0.3 is 14.8 Å². The molecule has 0 aliphatic carbocycles. The maximum atomic E-state index is 13.1. The second kappa shape index (κ2) is 10.7. The summed E-state index contributed by atoms with van der Waals surface area (Å²) < 4.78 is 10.7. The van der Waals surface area contributed by atoms with Gasteiger partial charge >= 0.3 is 0 Å². The highest BCUT2D eigenvalue weighted by atomic mass is 32.2. The highest BCUT2D eigenvalue weighted by Crippen LogP contribution is 2.32. The van der Waals surface area contributed by atoms with Gasteiger partial charge in [0.2, 0.25) is 0 Å². The summed E-state index contributed by atoms with van der Waals surface area (Å²) in [4.78, 5) is 14.1. The van der Waals surface area contributed by atoms with Gasteiger partial charge in [-0.05, 0) is 41.8 Å². The summed E-state index contributed by atoms with van der Waals surface area (Å²) in [5, 5.41) is 3.18. The molecule has 30 heavy (non-hydrogen) atoms. The van der Waals surface area contributed by atoms with Gasteiger partial charge in [0.25, 0.3) is 5.91 Å². The lowest BCUT2D eigenvalue weighted by Crippen LogP contribution is -2.28. The number of ether oxygens (including phenoxy) is 2. The van der Waals surface area contributed by atoms with E-state index in [9.17, 15) is 4.79 Å². The average Bonchev–Trinajstić information content (AvgIpc) is 2.81. The number of hydrogen-bond acceptors (Lipinski definition) is 4. The van der Waals surface area contributed by atoms with E-state index in [1.165, 1.54) is 5.56 Å². The van der Waals surface area contributed by atoms with E-state index in [2.05, 4.69) is 24.4 Å². The molecule has 3 aromatic rings. The Kier molecular flexibility index (Phi) is 7.80. The lowest BCUT2D eigenvalue weighted by Gasteiger charge is -2.20.